The zero-order valence-corrected chi connectivity index (χ0v) is 16.3. The molecule has 1 amide bonds. The van der Waals surface area contributed by atoms with Crippen molar-refractivity contribution in [3.63, 3.8) is 0 Å². The number of aromatic amines is 2. The quantitative estimate of drug-likeness (QED) is 0.581. The normalized spacial score (nSPS) is 16.1. The smallest absolute Gasteiger partial charge is 0.373 e. The summed E-state index contributed by atoms with van der Waals surface area (Å²) in [5.74, 6) is -3.33. The van der Waals surface area contributed by atoms with Crippen LogP contribution < -0.4 is 11.1 Å². The summed E-state index contributed by atoms with van der Waals surface area (Å²) >= 11 is 0. The van der Waals surface area contributed by atoms with Gasteiger partial charge in [0.15, 0.2) is 11.6 Å². The summed E-state index contributed by atoms with van der Waals surface area (Å²) in [6.45, 7) is -0.195. The molecule has 1 aliphatic rings. The molecule has 0 radical (unpaired) electrons. The molecule has 7 nitrogen and oxygen atoms in total. The number of alkyl halides is 3. The second-order valence-electron chi connectivity index (χ2n) is 7.23. The van der Waals surface area contributed by atoms with E-state index in [0.29, 0.717) is 6.07 Å². The van der Waals surface area contributed by atoms with E-state index in [1.165, 1.54) is 7.05 Å². The van der Waals surface area contributed by atoms with Crippen LogP contribution in [0, 0.1) is 11.6 Å². The Balaban J connectivity index is 1.82. The van der Waals surface area contributed by atoms with Crippen molar-refractivity contribution in [1.29, 1.82) is 0 Å². The summed E-state index contributed by atoms with van der Waals surface area (Å²) in [6, 6.07) is 1.05. The van der Waals surface area contributed by atoms with E-state index in [0.717, 1.165) is 23.2 Å². The Morgan fingerprint density at radius 3 is 2.41 bits per heavy atom. The third kappa shape index (κ3) is 3.55. The van der Waals surface area contributed by atoms with Gasteiger partial charge in [0.25, 0.3) is 17.0 Å². The van der Waals surface area contributed by atoms with Gasteiger partial charge >= 0.3 is 6.18 Å². The van der Waals surface area contributed by atoms with E-state index in [-0.39, 0.29) is 35.2 Å². The zero-order chi connectivity index (χ0) is 23.4. The Morgan fingerprint density at radius 1 is 1.09 bits per heavy atom. The third-order valence-electron chi connectivity index (χ3n) is 5.28. The van der Waals surface area contributed by atoms with Gasteiger partial charge in [0.2, 0.25) is 0 Å². The number of pyridine rings is 2. The number of fused-ring (bicyclic) bond motifs is 3. The molecule has 3 heterocycles. The lowest BCUT2D eigenvalue weighted by molar-refractivity contribution is -0.138. The number of ether oxygens (including phenoxy) is 1. The molecule has 2 aromatic heterocycles. The fraction of sp³-hybridized carbons (Fsp3) is 0.250. The lowest BCUT2D eigenvalue weighted by Crippen LogP contribution is -2.38. The second kappa shape index (κ2) is 7.55. The van der Waals surface area contributed by atoms with Crippen LogP contribution in [-0.4, -0.2) is 34.4 Å². The van der Waals surface area contributed by atoms with Crippen molar-refractivity contribution < 1.29 is 31.5 Å². The summed E-state index contributed by atoms with van der Waals surface area (Å²) in [6.07, 6.45) is -4.12. The monoisotopic (exact) mass is 455 g/mol. The summed E-state index contributed by atoms with van der Waals surface area (Å²) in [5, 5.41) is -0.105. The molecule has 12 heteroatoms. The van der Waals surface area contributed by atoms with Crippen LogP contribution in [0.2, 0.25) is 0 Å². The van der Waals surface area contributed by atoms with Crippen LogP contribution in [0.1, 0.15) is 33.2 Å². The number of hydrogen-bond acceptors (Lipinski definition) is 4. The van der Waals surface area contributed by atoms with E-state index in [1.807, 2.05) is 4.98 Å². The largest absolute Gasteiger partial charge is 0.421 e. The van der Waals surface area contributed by atoms with Gasteiger partial charge < -0.3 is 19.6 Å². The van der Waals surface area contributed by atoms with Gasteiger partial charge in [-0.1, -0.05) is 0 Å². The van der Waals surface area contributed by atoms with Gasteiger partial charge in [-0.25, -0.2) is 8.78 Å². The van der Waals surface area contributed by atoms with Crippen molar-refractivity contribution in [2.45, 2.75) is 18.8 Å². The average molecular weight is 455 g/mol. The van der Waals surface area contributed by atoms with Gasteiger partial charge in [-0.15, -0.1) is 0 Å². The van der Waals surface area contributed by atoms with E-state index in [9.17, 15) is 36.3 Å². The molecule has 0 unspecified atom stereocenters. The summed E-state index contributed by atoms with van der Waals surface area (Å²) in [4.78, 5) is 42.2. The van der Waals surface area contributed by atoms with E-state index < -0.39 is 52.0 Å². The van der Waals surface area contributed by atoms with Crippen LogP contribution in [0.15, 0.2) is 34.0 Å². The Kier molecular flexibility index (Phi) is 5.12. The molecule has 2 N–H and O–H groups in total. The Bertz CT molecular complexity index is 1360. The molecular weight excluding hydrogens is 441 g/mol. The molecule has 32 heavy (non-hydrogen) atoms. The molecule has 1 atom stereocenters. The lowest BCUT2D eigenvalue weighted by atomic mass is 9.95. The standard InChI is InChI=1S/C20H14F5N3O4/c1-28(19(31)8-2-11(20(23,24)25)18(30)26-5-8)15-7-32-6-14-16(15)9-3-12(21)13(22)4-10(9)17(29)27-14/h2-5,15H,6-7H2,1H3,(H,26,30)(H,27,29)/t15-/m0/s1. The number of benzene rings is 1. The predicted octanol–water partition coefficient (Wildman–Crippen LogP) is 2.86. The summed E-state index contributed by atoms with van der Waals surface area (Å²) in [5.41, 5.74) is -3.57. The molecule has 0 bridgehead atoms. The topological polar surface area (TPSA) is 95.3 Å². The maximum atomic E-state index is 14.0. The molecule has 1 aliphatic heterocycles. The Labute approximate surface area is 175 Å². The minimum atomic E-state index is -4.97. The van der Waals surface area contributed by atoms with Crippen LogP contribution in [-0.2, 0) is 17.5 Å². The zero-order valence-electron chi connectivity index (χ0n) is 16.3. The van der Waals surface area contributed by atoms with Crippen molar-refractivity contribution in [2.24, 2.45) is 0 Å². The van der Waals surface area contributed by atoms with E-state index in [2.05, 4.69) is 4.98 Å². The van der Waals surface area contributed by atoms with Crippen LogP contribution in [0.5, 0.6) is 0 Å². The summed E-state index contributed by atoms with van der Waals surface area (Å²) in [7, 11) is 1.28. The van der Waals surface area contributed by atoms with E-state index in [4.69, 9.17) is 4.74 Å². The Morgan fingerprint density at radius 2 is 1.75 bits per heavy atom. The van der Waals surface area contributed by atoms with E-state index >= 15 is 0 Å². The number of nitrogens with one attached hydrogen (secondary N) is 2. The SMILES string of the molecule is CN(C(=O)c1c[nH]c(=O)c(C(F)(F)F)c1)[C@H]1COCc2[nH]c(=O)c3cc(F)c(F)cc3c21. The minimum absolute atomic E-state index is 0.0491. The number of rotatable bonds is 2. The third-order valence-corrected chi connectivity index (χ3v) is 5.28. The first-order valence-electron chi connectivity index (χ1n) is 9.17. The van der Waals surface area contributed by atoms with Crippen LogP contribution in [0.25, 0.3) is 10.8 Å². The van der Waals surface area contributed by atoms with Crippen molar-refractivity contribution in [3.05, 3.63) is 79.1 Å². The predicted molar refractivity (Wildman–Crippen MR) is 101 cm³/mol. The van der Waals surface area contributed by atoms with Crippen molar-refractivity contribution >= 4 is 16.7 Å². The van der Waals surface area contributed by atoms with Gasteiger partial charge in [0.1, 0.15) is 5.56 Å². The van der Waals surface area contributed by atoms with Crippen LogP contribution in [0.4, 0.5) is 22.0 Å². The number of H-pyrrole nitrogens is 2. The minimum Gasteiger partial charge on any atom is -0.373 e. The highest BCUT2D eigenvalue weighted by Gasteiger charge is 2.36. The highest BCUT2D eigenvalue weighted by atomic mass is 19.4. The van der Waals surface area contributed by atoms with Gasteiger partial charge in [-0.3, -0.25) is 14.4 Å². The molecule has 1 aromatic carbocycles. The van der Waals surface area contributed by atoms with Crippen LogP contribution >= 0.6 is 0 Å². The fourth-order valence-electron chi connectivity index (χ4n) is 3.71. The van der Waals surface area contributed by atoms with Gasteiger partial charge in [-0.2, -0.15) is 13.2 Å². The molecule has 168 valence electrons. The molecular formula is C20H14F5N3O4. The first-order chi connectivity index (χ1) is 15.0. The molecule has 0 saturated heterocycles. The van der Waals surface area contributed by atoms with Crippen molar-refractivity contribution in [2.75, 3.05) is 13.7 Å². The molecule has 0 aliphatic carbocycles. The number of halogens is 5. The molecule has 0 spiro atoms. The number of nitrogens with zero attached hydrogens (tertiary/aromatic N) is 1. The van der Waals surface area contributed by atoms with Crippen LogP contribution in [0.3, 0.4) is 0 Å². The molecule has 0 fully saturated rings. The molecule has 0 saturated carbocycles. The maximum absolute atomic E-state index is 14.0. The number of amides is 1. The number of likely N-dealkylation sites (N-methyl/N-ethyl adjacent to an activating group) is 1. The lowest BCUT2D eigenvalue weighted by Gasteiger charge is -2.34. The number of hydrogen-bond donors (Lipinski definition) is 2. The first-order valence-corrected chi connectivity index (χ1v) is 9.17. The number of aromatic nitrogens is 2. The molecule has 4 rings (SSSR count). The highest BCUT2D eigenvalue weighted by molar-refractivity contribution is 5.95. The van der Waals surface area contributed by atoms with Gasteiger partial charge in [0.05, 0.1) is 30.2 Å². The van der Waals surface area contributed by atoms with Crippen molar-refractivity contribution in [3.8, 4) is 0 Å². The van der Waals surface area contributed by atoms with Crippen molar-refractivity contribution in [1.82, 2.24) is 14.9 Å². The maximum Gasteiger partial charge on any atom is 0.421 e. The van der Waals surface area contributed by atoms with Gasteiger partial charge in [-0.05, 0) is 23.6 Å². The van der Waals surface area contributed by atoms with E-state index in [1.54, 1.807) is 0 Å². The average Bonchev–Trinajstić information content (AvgIpc) is 2.73. The second-order valence-corrected chi connectivity index (χ2v) is 7.23. The number of carbonyl (C=O) groups excluding carboxylic acids is 1. The fourth-order valence-corrected chi connectivity index (χ4v) is 3.71. The van der Waals surface area contributed by atoms with Gasteiger partial charge in [0, 0.05) is 24.5 Å². The first kappa shape index (κ1) is 21.7. The Hall–Kier alpha value is -3.54. The summed E-state index contributed by atoms with van der Waals surface area (Å²) < 4.78 is 72.2. The number of carbonyl (C=O) groups is 1. The molecule has 3 aromatic rings. The highest BCUT2D eigenvalue weighted by Crippen LogP contribution is 2.34.